The molecule has 0 bridgehead atoms. The van der Waals surface area contributed by atoms with Crippen LogP contribution in [0.2, 0.25) is 0 Å². The van der Waals surface area contributed by atoms with E-state index in [1.807, 2.05) is 0 Å². The minimum Gasteiger partial charge on any atom is -0.479 e. The lowest BCUT2D eigenvalue weighted by Gasteiger charge is -2.11. The number of methoxy groups -OCH3 is 1. The minimum atomic E-state index is -2.62. The molecule has 0 spiro atoms. The normalized spacial score (nSPS) is 13.0. The summed E-state index contributed by atoms with van der Waals surface area (Å²) >= 11 is 0. The van der Waals surface area contributed by atoms with Crippen molar-refractivity contribution in [3.05, 3.63) is 30.2 Å². The quantitative estimate of drug-likeness (QED) is 0.587. The maximum Gasteiger partial charge on any atom is 0.260 e. The number of hydrogen-bond acceptors (Lipinski definition) is 6. The summed E-state index contributed by atoms with van der Waals surface area (Å²) in [6.45, 7) is 1.33. The lowest BCUT2D eigenvalue weighted by molar-refractivity contribution is 0.0866. The molecule has 3 aromatic heterocycles. The minimum absolute atomic E-state index is 0.0793. The van der Waals surface area contributed by atoms with Gasteiger partial charge in [-0.1, -0.05) is 11.3 Å². The second-order valence-electron chi connectivity index (χ2n) is 5.94. The molecule has 3 heterocycles. The van der Waals surface area contributed by atoms with Crippen LogP contribution >= 0.6 is 0 Å². The molecule has 0 aliphatic rings. The number of benzene rings is 1. The fraction of sp³-hybridized carbons (Fsp3) is 0.250. The molecule has 8 nitrogen and oxygen atoms in total. The van der Waals surface area contributed by atoms with Gasteiger partial charge >= 0.3 is 0 Å². The molecule has 0 fully saturated rings. The molecule has 0 radical (unpaired) electrons. The van der Waals surface area contributed by atoms with Crippen LogP contribution in [-0.2, 0) is 0 Å². The summed E-state index contributed by atoms with van der Waals surface area (Å²) in [5, 5.41) is 11.6. The number of ether oxygens (including phenoxy) is 1. The van der Waals surface area contributed by atoms with Crippen molar-refractivity contribution in [1.82, 2.24) is 29.6 Å². The molecule has 140 valence electrons. The maximum absolute atomic E-state index is 14.7. The Morgan fingerprint density at radius 3 is 2.74 bits per heavy atom. The Kier molecular flexibility index (Phi) is 3.86. The Bertz CT molecular complexity index is 1150. The summed E-state index contributed by atoms with van der Waals surface area (Å²) in [6.07, 6.45) is -1.48. The number of nitrogens with zero attached hydrogens (tertiary/aromatic N) is 6. The topological polar surface area (TPSA) is 96.2 Å². The Morgan fingerprint density at radius 2 is 2.04 bits per heavy atom. The molecule has 4 rings (SSSR count). The van der Waals surface area contributed by atoms with Crippen LogP contribution in [0.15, 0.2) is 24.4 Å². The monoisotopic (exact) mass is 377 g/mol. The molecule has 0 saturated heterocycles. The second-order valence-corrected chi connectivity index (χ2v) is 5.94. The van der Waals surface area contributed by atoms with Crippen molar-refractivity contribution >= 4 is 22.5 Å². The van der Waals surface area contributed by atoms with Gasteiger partial charge in [0.2, 0.25) is 11.8 Å². The molecule has 0 unspecified atom stereocenters. The molecular weight excluding hydrogens is 363 g/mol. The van der Waals surface area contributed by atoms with E-state index in [4.69, 9.17) is 10.5 Å². The van der Waals surface area contributed by atoms with Crippen molar-refractivity contribution in [1.29, 1.82) is 0 Å². The van der Waals surface area contributed by atoms with Crippen molar-refractivity contribution in [2.75, 3.05) is 12.8 Å². The Balaban J connectivity index is 1.97. The summed E-state index contributed by atoms with van der Waals surface area (Å²) in [5.41, 5.74) is 7.22. The van der Waals surface area contributed by atoms with Gasteiger partial charge in [-0.05, 0) is 24.6 Å². The van der Waals surface area contributed by atoms with Crippen molar-refractivity contribution in [2.45, 2.75) is 19.4 Å². The molecule has 27 heavy (non-hydrogen) atoms. The van der Waals surface area contributed by atoms with Crippen LogP contribution in [0.5, 0.6) is 5.88 Å². The largest absolute Gasteiger partial charge is 0.479 e. The van der Waals surface area contributed by atoms with E-state index in [1.165, 1.54) is 18.5 Å². The number of alkyl halides is 2. The van der Waals surface area contributed by atoms with Crippen LogP contribution in [0.25, 0.3) is 27.7 Å². The van der Waals surface area contributed by atoms with Gasteiger partial charge in [-0.25, -0.2) is 22.4 Å². The predicted octanol–water partition coefficient (Wildman–Crippen LogP) is 2.70. The van der Waals surface area contributed by atoms with Gasteiger partial charge in [0, 0.05) is 0 Å². The van der Waals surface area contributed by atoms with Gasteiger partial charge in [-0.15, -0.1) is 10.2 Å². The summed E-state index contributed by atoms with van der Waals surface area (Å²) in [4.78, 5) is 3.97. The van der Waals surface area contributed by atoms with Gasteiger partial charge in [-0.2, -0.15) is 4.98 Å². The zero-order chi connectivity index (χ0) is 19.3. The zero-order valence-electron chi connectivity index (χ0n) is 14.3. The average molecular weight is 377 g/mol. The van der Waals surface area contributed by atoms with Crippen molar-refractivity contribution < 1.29 is 17.9 Å². The number of fused-ring (bicyclic) bond motifs is 2. The first-order valence-electron chi connectivity index (χ1n) is 7.92. The van der Waals surface area contributed by atoms with Crippen molar-refractivity contribution in [3.63, 3.8) is 0 Å². The predicted molar refractivity (Wildman–Crippen MR) is 91.1 cm³/mol. The molecule has 0 aliphatic heterocycles. The number of nitrogens with two attached hydrogens (primary N) is 1. The molecule has 0 amide bonds. The fourth-order valence-corrected chi connectivity index (χ4v) is 2.95. The summed E-state index contributed by atoms with van der Waals surface area (Å²) in [5.74, 6) is -0.577. The van der Waals surface area contributed by atoms with Crippen LogP contribution in [0, 0.1) is 5.82 Å². The first kappa shape index (κ1) is 17.1. The molecule has 0 saturated carbocycles. The Hall–Kier alpha value is -3.37. The highest BCUT2D eigenvalue weighted by Gasteiger charge is 2.23. The van der Waals surface area contributed by atoms with Crippen LogP contribution < -0.4 is 10.5 Å². The van der Waals surface area contributed by atoms with Crippen molar-refractivity contribution in [3.8, 4) is 17.0 Å². The van der Waals surface area contributed by atoms with Crippen LogP contribution in [0.3, 0.4) is 0 Å². The van der Waals surface area contributed by atoms with Gasteiger partial charge in [0.15, 0.2) is 5.82 Å². The fourth-order valence-electron chi connectivity index (χ4n) is 2.95. The van der Waals surface area contributed by atoms with E-state index >= 15 is 0 Å². The van der Waals surface area contributed by atoms with Crippen molar-refractivity contribution in [2.24, 2.45) is 0 Å². The molecule has 11 heteroatoms. The Morgan fingerprint density at radius 1 is 1.26 bits per heavy atom. The highest BCUT2D eigenvalue weighted by atomic mass is 19.3. The summed E-state index contributed by atoms with van der Waals surface area (Å²) < 4.78 is 48.5. The highest BCUT2D eigenvalue weighted by Crippen LogP contribution is 2.35. The summed E-state index contributed by atoms with van der Waals surface area (Å²) in [7, 11) is 1.38. The second kappa shape index (κ2) is 6.11. The number of nitrogen functional groups attached to an aromatic ring is 1. The lowest BCUT2D eigenvalue weighted by Crippen LogP contribution is -2.15. The molecule has 1 atom stereocenters. The number of anilines is 1. The maximum atomic E-state index is 14.7. The molecule has 4 aromatic rings. The third-order valence-electron chi connectivity index (χ3n) is 4.27. The van der Waals surface area contributed by atoms with Gasteiger partial charge in [0.1, 0.15) is 17.1 Å². The highest BCUT2D eigenvalue weighted by molar-refractivity contribution is 5.89. The van der Waals surface area contributed by atoms with Gasteiger partial charge in [-0.3, -0.25) is 0 Å². The number of rotatable bonds is 4. The van der Waals surface area contributed by atoms with E-state index in [0.29, 0.717) is 16.6 Å². The van der Waals surface area contributed by atoms with Gasteiger partial charge < -0.3 is 10.5 Å². The van der Waals surface area contributed by atoms with E-state index in [-0.39, 0.29) is 22.9 Å². The van der Waals surface area contributed by atoms with Gasteiger partial charge in [0.05, 0.1) is 24.4 Å². The lowest BCUT2D eigenvalue weighted by atomic mass is 10.1. The average Bonchev–Trinajstić information content (AvgIpc) is 3.19. The van der Waals surface area contributed by atoms with E-state index in [9.17, 15) is 13.2 Å². The van der Waals surface area contributed by atoms with E-state index in [1.54, 1.807) is 18.2 Å². The third kappa shape index (κ3) is 2.62. The van der Waals surface area contributed by atoms with E-state index in [2.05, 4.69) is 20.4 Å². The van der Waals surface area contributed by atoms with E-state index in [0.717, 1.165) is 10.9 Å². The molecule has 1 aromatic carbocycles. The SMILES string of the molecule is COc1nc(N)nn2cc(F)c(-c3ccc4nnn([C@H](C)C(F)F)c4c3)c12. The van der Waals surface area contributed by atoms with E-state index < -0.39 is 18.3 Å². The molecule has 0 aliphatic carbocycles. The smallest absolute Gasteiger partial charge is 0.260 e. The first-order valence-corrected chi connectivity index (χ1v) is 7.92. The zero-order valence-corrected chi connectivity index (χ0v) is 14.3. The molecule has 2 N–H and O–H groups in total. The van der Waals surface area contributed by atoms with Crippen LogP contribution in [-0.4, -0.2) is 43.1 Å². The first-order chi connectivity index (χ1) is 12.9. The van der Waals surface area contributed by atoms with Crippen LogP contribution in [0.4, 0.5) is 19.1 Å². The summed E-state index contributed by atoms with van der Waals surface area (Å²) in [6, 6.07) is 3.56. The Labute approximate surface area is 150 Å². The third-order valence-corrected chi connectivity index (χ3v) is 4.27. The standard InChI is InChI=1S/C16H14F3N7O/c1-7(14(18)19)26-11-5-8(3-4-10(11)22-24-26)12-9(17)6-25-13(12)15(27-2)21-16(20)23-25/h3-7,14H,1-2H3,(H2,20,23)/t7-/m1/s1. The van der Waals surface area contributed by atoms with Gasteiger partial charge in [0.25, 0.3) is 6.43 Å². The molecular formula is C16H14F3N7O. The number of hydrogen-bond donors (Lipinski definition) is 1. The number of aromatic nitrogens is 6. The number of halogens is 3. The van der Waals surface area contributed by atoms with Crippen LogP contribution in [0.1, 0.15) is 13.0 Å².